The SMILES string of the molecule is COC1CCCC(Nc2ccc(NC(=O)OC(C)(C)C)cc2)C1. The molecular formula is C18H28N2O3. The summed E-state index contributed by atoms with van der Waals surface area (Å²) in [6, 6.07) is 8.15. The van der Waals surface area contributed by atoms with Crippen LogP contribution in [0.15, 0.2) is 24.3 Å². The van der Waals surface area contributed by atoms with Crippen LogP contribution in [0.2, 0.25) is 0 Å². The van der Waals surface area contributed by atoms with Gasteiger partial charge in [-0.25, -0.2) is 4.79 Å². The molecular weight excluding hydrogens is 292 g/mol. The Morgan fingerprint density at radius 2 is 1.78 bits per heavy atom. The van der Waals surface area contributed by atoms with E-state index >= 15 is 0 Å². The van der Waals surface area contributed by atoms with Crippen LogP contribution in [-0.2, 0) is 9.47 Å². The lowest BCUT2D eigenvalue weighted by Gasteiger charge is -2.29. The molecule has 1 aromatic rings. The van der Waals surface area contributed by atoms with Crippen LogP contribution in [0.5, 0.6) is 0 Å². The molecule has 0 aliphatic heterocycles. The number of carbonyl (C=O) groups is 1. The normalized spacial score (nSPS) is 21.6. The maximum atomic E-state index is 11.7. The van der Waals surface area contributed by atoms with E-state index in [0.717, 1.165) is 30.6 Å². The summed E-state index contributed by atoms with van der Waals surface area (Å²) < 4.78 is 10.7. The van der Waals surface area contributed by atoms with Gasteiger partial charge in [0.25, 0.3) is 0 Å². The lowest BCUT2D eigenvalue weighted by Crippen LogP contribution is -2.31. The summed E-state index contributed by atoms with van der Waals surface area (Å²) in [5, 5.41) is 6.28. The first kappa shape index (κ1) is 17.6. The Morgan fingerprint density at radius 1 is 1.13 bits per heavy atom. The number of hydrogen-bond donors (Lipinski definition) is 2. The Kier molecular flexibility index (Phi) is 5.88. The van der Waals surface area contributed by atoms with Crippen LogP contribution in [0.3, 0.4) is 0 Å². The van der Waals surface area contributed by atoms with Gasteiger partial charge in [0.2, 0.25) is 0 Å². The van der Waals surface area contributed by atoms with Crippen molar-refractivity contribution >= 4 is 17.5 Å². The summed E-state index contributed by atoms with van der Waals surface area (Å²) in [7, 11) is 1.78. The zero-order valence-electron chi connectivity index (χ0n) is 14.5. The van der Waals surface area contributed by atoms with E-state index in [9.17, 15) is 4.79 Å². The number of amides is 1. The van der Waals surface area contributed by atoms with Gasteiger partial charge in [-0.2, -0.15) is 0 Å². The quantitative estimate of drug-likeness (QED) is 0.863. The molecule has 2 unspecified atom stereocenters. The fourth-order valence-corrected chi connectivity index (χ4v) is 2.80. The van der Waals surface area contributed by atoms with Crippen LogP contribution in [-0.4, -0.2) is 30.9 Å². The molecule has 1 amide bonds. The minimum Gasteiger partial charge on any atom is -0.444 e. The lowest BCUT2D eigenvalue weighted by molar-refractivity contribution is 0.0635. The van der Waals surface area contributed by atoms with E-state index in [-0.39, 0.29) is 0 Å². The smallest absolute Gasteiger partial charge is 0.412 e. The van der Waals surface area contributed by atoms with Crippen LogP contribution >= 0.6 is 0 Å². The number of nitrogens with one attached hydrogen (secondary N) is 2. The molecule has 5 heteroatoms. The van der Waals surface area contributed by atoms with E-state index < -0.39 is 11.7 Å². The number of rotatable bonds is 4. The minimum absolute atomic E-state index is 0.356. The topological polar surface area (TPSA) is 59.6 Å². The Morgan fingerprint density at radius 3 is 2.39 bits per heavy atom. The van der Waals surface area contributed by atoms with Crippen molar-refractivity contribution < 1.29 is 14.3 Å². The molecule has 1 aromatic carbocycles. The molecule has 128 valence electrons. The molecule has 0 spiro atoms. The van der Waals surface area contributed by atoms with Gasteiger partial charge >= 0.3 is 6.09 Å². The second-order valence-corrected chi connectivity index (χ2v) is 7.07. The summed E-state index contributed by atoms with van der Waals surface area (Å²) in [6.45, 7) is 5.53. The van der Waals surface area contributed by atoms with Crippen molar-refractivity contribution in [3.8, 4) is 0 Å². The van der Waals surface area contributed by atoms with Crippen molar-refractivity contribution in [2.75, 3.05) is 17.7 Å². The number of carbonyl (C=O) groups excluding carboxylic acids is 1. The van der Waals surface area contributed by atoms with Crippen LogP contribution in [0.4, 0.5) is 16.2 Å². The third-order valence-corrected chi connectivity index (χ3v) is 3.86. The number of anilines is 2. The second kappa shape index (κ2) is 7.68. The van der Waals surface area contributed by atoms with Crippen molar-refractivity contribution in [2.45, 2.75) is 64.2 Å². The molecule has 5 nitrogen and oxygen atoms in total. The van der Waals surface area contributed by atoms with E-state index in [1.165, 1.54) is 6.42 Å². The van der Waals surface area contributed by atoms with E-state index in [0.29, 0.717) is 12.1 Å². The van der Waals surface area contributed by atoms with Gasteiger partial charge in [-0.05, 0) is 70.7 Å². The average Bonchev–Trinajstić information content (AvgIpc) is 2.47. The van der Waals surface area contributed by atoms with Crippen molar-refractivity contribution in [3.05, 3.63) is 24.3 Å². The van der Waals surface area contributed by atoms with Gasteiger partial charge in [0.05, 0.1) is 6.10 Å². The largest absolute Gasteiger partial charge is 0.444 e. The van der Waals surface area contributed by atoms with E-state index in [2.05, 4.69) is 10.6 Å². The first-order valence-corrected chi connectivity index (χ1v) is 8.25. The van der Waals surface area contributed by atoms with Gasteiger partial charge < -0.3 is 14.8 Å². The number of hydrogen-bond acceptors (Lipinski definition) is 4. The van der Waals surface area contributed by atoms with Gasteiger partial charge in [0.1, 0.15) is 5.60 Å². The van der Waals surface area contributed by atoms with Crippen molar-refractivity contribution in [1.29, 1.82) is 0 Å². The molecule has 1 saturated carbocycles. The standard InChI is InChI=1S/C18H28N2O3/c1-18(2,3)23-17(21)20-14-10-8-13(9-11-14)19-15-6-5-7-16(12-15)22-4/h8-11,15-16,19H,5-7,12H2,1-4H3,(H,20,21). The van der Waals surface area contributed by atoms with E-state index in [1.54, 1.807) is 7.11 Å². The molecule has 0 saturated heterocycles. The lowest BCUT2D eigenvalue weighted by atomic mass is 9.92. The monoisotopic (exact) mass is 320 g/mol. The molecule has 0 radical (unpaired) electrons. The zero-order chi connectivity index (χ0) is 16.9. The Balaban J connectivity index is 1.86. The minimum atomic E-state index is -0.496. The first-order chi connectivity index (χ1) is 10.9. The number of benzene rings is 1. The Labute approximate surface area is 138 Å². The zero-order valence-corrected chi connectivity index (χ0v) is 14.5. The van der Waals surface area contributed by atoms with Crippen LogP contribution < -0.4 is 10.6 Å². The third-order valence-electron chi connectivity index (χ3n) is 3.86. The van der Waals surface area contributed by atoms with Gasteiger partial charge in [-0.3, -0.25) is 5.32 Å². The summed E-state index contributed by atoms with van der Waals surface area (Å²) in [5.74, 6) is 0. The summed E-state index contributed by atoms with van der Waals surface area (Å²) >= 11 is 0. The second-order valence-electron chi connectivity index (χ2n) is 7.07. The van der Waals surface area contributed by atoms with Crippen molar-refractivity contribution in [3.63, 3.8) is 0 Å². The Hall–Kier alpha value is -1.75. The third kappa shape index (κ3) is 6.10. The molecule has 2 atom stereocenters. The van der Waals surface area contributed by atoms with Crippen molar-refractivity contribution in [2.24, 2.45) is 0 Å². The highest BCUT2D eigenvalue weighted by atomic mass is 16.6. The van der Waals surface area contributed by atoms with Crippen molar-refractivity contribution in [1.82, 2.24) is 0 Å². The van der Waals surface area contributed by atoms with Gasteiger partial charge in [-0.15, -0.1) is 0 Å². The highest BCUT2D eigenvalue weighted by molar-refractivity contribution is 5.85. The van der Waals surface area contributed by atoms with Crippen LogP contribution in [0, 0.1) is 0 Å². The fourth-order valence-electron chi connectivity index (χ4n) is 2.80. The maximum Gasteiger partial charge on any atom is 0.412 e. The van der Waals surface area contributed by atoms with Crippen LogP contribution in [0.25, 0.3) is 0 Å². The predicted octanol–water partition coefficient (Wildman–Crippen LogP) is 4.40. The van der Waals surface area contributed by atoms with Gasteiger partial charge in [0, 0.05) is 24.5 Å². The molecule has 23 heavy (non-hydrogen) atoms. The average molecular weight is 320 g/mol. The predicted molar refractivity (Wildman–Crippen MR) is 93.0 cm³/mol. The summed E-state index contributed by atoms with van der Waals surface area (Å²) in [4.78, 5) is 11.7. The molecule has 1 aliphatic carbocycles. The maximum absolute atomic E-state index is 11.7. The first-order valence-electron chi connectivity index (χ1n) is 8.25. The molecule has 0 aromatic heterocycles. The molecule has 2 rings (SSSR count). The van der Waals surface area contributed by atoms with Gasteiger partial charge in [-0.1, -0.05) is 0 Å². The highest BCUT2D eigenvalue weighted by Crippen LogP contribution is 2.24. The van der Waals surface area contributed by atoms with Gasteiger partial charge in [0.15, 0.2) is 0 Å². The molecule has 2 N–H and O–H groups in total. The number of methoxy groups -OCH3 is 1. The molecule has 1 fully saturated rings. The Bertz CT molecular complexity index is 508. The molecule has 0 heterocycles. The summed E-state index contributed by atoms with van der Waals surface area (Å²) in [6.07, 6.45) is 4.46. The highest BCUT2D eigenvalue weighted by Gasteiger charge is 2.21. The molecule has 0 bridgehead atoms. The van der Waals surface area contributed by atoms with E-state index in [4.69, 9.17) is 9.47 Å². The summed E-state index contributed by atoms with van der Waals surface area (Å²) in [5.41, 5.74) is 1.29. The molecule has 1 aliphatic rings. The van der Waals surface area contributed by atoms with E-state index in [1.807, 2.05) is 45.0 Å². The number of ether oxygens (including phenoxy) is 2. The van der Waals surface area contributed by atoms with Crippen LogP contribution in [0.1, 0.15) is 46.5 Å². The fraction of sp³-hybridized carbons (Fsp3) is 0.611.